The number of hydrogen-bond acceptors (Lipinski definition) is 2. The van der Waals surface area contributed by atoms with E-state index in [0.29, 0.717) is 6.61 Å². The number of aliphatic hydroxyl groups excluding tert-OH is 1. The minimum Gasteiger partial charge on any atom is -0.396 e. The van der Waals surface area contributed by atoms with Crippen molar-refractivity contribution in [2.45, 2.75) is 39.5 Å². The summed E-state index contributed by atoms with van der Waals surface area (Å²) in [6, 6.07) is 0. The Morgan fingerprint density at radius 2 is 2.31 bits per heavy atom. The second-order valence-corrected chi connectivity index (χ2v) is 4.68. The maximum atomic E-state index is 9.39. The minimum absolute atomic E-state index is 0.203. The summed E-state index contributed by atoms with van der Waals surface area (Å²) in [4.78, 5) is 0. The summed E-state index contributed by atoms with van der Waals surface area (Å²) in [6.45, 7) is 6.99. The predicted octanol–water partition coefficient (Wildman–Crippen LogP) is 1.78. The van der Waals surface area contributed by atoms with Crippen LogP contribution in [-0.2, 0) is 0 Å². The Bertz CT molecular complexity index is 141. The van der Waals surface area contributed by atoms with Gasteiger partial charge in [0.15, 0.2) is 0 Å². The van der Waals surface area contributed by atoms with E-state index < -0.39 is 0 Å². The largest absolute Gasteiger partial charge is 0.396 e. The van der Waals surface area contributed by atoms with Crippen molar-refractivity contribution < 1.29 is 5.11 Å². The van der Waals surface area contributed by atoms with Gasteiger partial charge in [-0.05, 0) is 25.3 Å². The first-order valence-electron chi connectivity index (χ1n) is 5.54. The van der Waals surface area contributed by atoms with Gasteiger partial charge in [-0.15, -0.1) is 0 Å². The summed E-state index contributed by atoms with van der Waals surface area (Å²) < 4.78 is 0. The molecule has 2 unspecified atom stereocenters. The van der Waals surface area contributed by atoms with Crippen LogP contribution < -0.4 is 5.32 Å². The Kier molecular flexibility index (Phi) is 4.20. The van der Waals surface area contributed by atoms with E-state index in [1.54, 1.807) is 0 Å². The molecule has 2 atom stereocenters. The maximum Gasteiger partial charge on any atom is 0.0500 e. The molecule has 0 spiro atoms. The highest BCUT2D eigenvalue weighted by atomic mass is 16.3. The van der Waals surface area contributed by atoms with E-state index in [-0.39, 0.29) is 5.41 Å². The zero-order chi connectivity index (χ0) is 9.73. The van der Waals surface area contributed by atoms with E-state index in [9.17, 15) is 5.11 Å². The Labute approximate surface area is 81.7 Å². The van der Waals surface area contributed by atoms with Crippen molar-refractivity contribution in [2.24, 2.45) is 11.3 Å². The molecule has 78 valence electrons. The number of rotatable bonds is 5. The molecule has 1 rings (SSSR count). The van der Waals surface area contributed by atoms with Crippen LogP contribution in [0.4, 0.5) is 0 Å². The summed E-state index contributed by atoms with van der Waals surface area (Å²) in [5.41, 5.74) is 0.203. The summed E-state index contributed by atoms with van der Waals surface area (Å²) in [6.07, 6.45) is 4.89. The molecule has 0 bridgehead atoms. The molecule has 1 saturated heterocycles. The third-order valence-corrected chi connectivity index (χ3v) is 3.23. The predicted molar refractivity (Wildman–Crippen MR) is 55.7 cm³/mol. The van der Waals surface area contributed by atoms with Crippen molar-refractivity contribution in [3.8, 4) is 0 Å². The van der Waals surface area contributed by atoms with Crippen LogP contribution >= 0.6 is 0 Å². The van der Waals surface area contributed by atoms with E-state index >= 15 is 0 Å². The third kappa shape index (κ3) is 2.96. The number of aliphatic hydroxyl groups is 1. The molecule has 2 nitrogen and oxygen atoms in total. The summed E-state index contributed by atoms with van der Waals surface area (Å²) >= 11 is 0. The van der Waals surface area contributed by atoms with Crippen molar-refractivity contribution in [2.75, 3.05) is 19.7 Å². The first-order chi connectivity index (χ1) is 6.22. The molecule has 0 saturated carbocycles. The van der Waals surface area contributed by atoms with Crippen LogP contribution in [0.2, 0.25) is 0 Å². The second-order valence-electron chi connectivity index (χ2n) is 4.68. The average Bonchev–Trinajstić information content (AvgIpc) is 2.54. The molecule has 2 N–H and O–H groups in total. The van der Waals surface area contributed by atoms with Gasteiger partial charge in [-0.2, -0.15) is 0 Å². The Balaban J connectivity index is 2.38. The van der Waals surface area contributed by atoms with Gasteiger partial charge in [-0.3, -0.25) is 0 Å². The fraction of sp³-hybridized carbons (Fsp3) is 1.00. The second kappa shape index (κ2) is 4.97. The zero-order valence-corrected chi connectivity index (χ0v) is 8.97. The Morgan fingerprint density at radius 3 is 2.77 bits per heavy atom. The summed E-state index contributed by atoms with van der Waals surface area (Å²) in [5.74, 6) is 0.761. The van der Waals surface area contributed by atoms with Gasteiger partial charge in [0.1, 0.15) is 0 Å². The van der Waals surface area contributed by atoms with Gasteiger partial charge in [0.2, 0.25) is 0 Å². The first kappa shape index (κ1) is 11.0. The normalized spacial score (nSPS) is 30.7. The fourth-order valence-electron chi connectivity index (χ4n) is 2.50. The lowest BCUT2D eigenvalue weighted by Gasteiger charge is -2.28. The highest BCUT2D eigenvalue weighted by Crippen LogP contribution is 2.33. The van der Waals surface area contributed by atoms with Gasteiger partial charge >= 0.3 is 0 Å². The van der Waals surface area contributed by atoms with Gasteiger partial charge in [0.25, 0.3) is 0 Å². The molecule has 2 heteroatoms. The van der Waals surface area contributed by atoms with Crippen LogP contribution in [0.3, 0.4) is 0 Å². The van der Waals surface area contributed by atoms with Crippen LogP contribution in [-0.4, -0.2) is 24.8 Å². The molecular weight excluding hydrogens is 162 g/mol. The molecular formula is C11H23NO. The first-order valence-corrected chi connectivity index (χ1v) is 5.54. The van der Waals surface area contributed by atoms with Gasteiger partial charge in [-0.1, -0.05) is 26.7 Å². The molecule has 0 radical (unpaired) electrons. The van der Waals surface area contributed by atoms with E-state index in [4.69, 9.17) is 0 Å². The monoisotopic (exact) mass is 185 g/mol. The number of hydrogen-bond donors (Lipinski definition) is 2. The SMILES string of the molecule is CCCC(C)CC1(CO)CCNC1. The van der Waals surface area contributed by atoms with Crippen molar-refractivity contribution >= 4 is 0 Å². The maximum absolute atomic E-state index is 9.39. The lowest BCUT2D eigenvalue weighted by molar-refractivity contribution is 0.114. The molecule has 0 aliphatic carbocycles. The lowest BCUT2D eigenvalue weighted by atomic mass is 9.78. The van der Waals surface area contributed by atoms with Crippen LogP contribution in [0, 0.1) is 11.3 Å². The van der Waals surface area contributed by atoms with E-state index in [0.717, 1.165) is 25.4 Å². The average molecular weight is 185 g/mol. The van der Waals surface area contributed by atoms with Crippen molar-refractivity contribution in [1.82, 2.24) is 5.32 Å². The van der Waals surface area contributed by atoms with Crippen LogP contribution in [0.15, 0.2) is 0 Å². The molecule has 1 fully saturated rings. The molecule has 13 heavy (non-hydrogen) atoms. The molecule has 0 aromatic heterocycles. The molecule has 1 aliphatic rings. The van der Waals surface area contributed by atoms with Gasteiger partial charge < -0.3 is 10.4 Å². The molecule has 0 amide bonds. The van der Waals surface area contributed by atoms with Gasteiger partial charge in [0.05, 0.1) is 0 Å². The van der Waals surface area contributed by atoms with E-state index in [1.165, 1.54) is 19.3 Å². The lowest BCUT2D eigenvalue weighted by Crippen LogP contribution is -2.30. The Hall–Kier alpha value is -0.0800. The molecule has 1 aliphatic heterocycles. The zero-order valence-electron chi connectivity index (χ0n) is 8.97. The summed E-state index contributed by atoms with van der Waals surface area (Å²) in [5, 5.41) is 12.7. The smallest absolute Gasteiger partial charge is 0.0500 e. The van der Waals surface area contributed by atoms with Crippen LogP contribution in [0.1, 0.15) is 39.5 Å². The minimum atomic E-state index is 0.203. The van der Waals surface area contributed by atoms with Gasteiger partial charge in [0, 0.05) is 18.6 Å². The highest BCUT2D eigenvalue weighted by molar-refractivity contribution is 4.88. The van der Waals surface area contributed by atoms with Gasteiger partial charge in [-0.25, -0.2) is 0 Å². The van der Waals surface area contributed by atoms with E-state index in [1.807, 2.05) is 0 Å². The topological polar surface area (TPSA) is 32.3 Å². The van der Waals surface area contributed by atoms with Crippen LogP contribution in [0.25, 0.3) is 0 Å². The quantitative estimate of drug-likeness (QED) is 0.684. The van der Waals surface area contributed by atoms with Crippen LogP contribution in [0.5, 0.6) is 0 Å². The molecule has 0 aromatic rings. The molecule has 1 heterocycles. The standard InChI is InChI=1S/C11H23NO/c1-3-4-10(2)7-11(9-13)5-6-12-8-11/h10,12-13H,3-9H2,1-2H3. The van der Waals surface area contributed by atoms with E-state index in [2.05, 4.69) is 19.2 Å². The highest BCUT2D eigenvalue weighted by Gasteiger charge is 2.34. The van der Waals surface area contributed by atoms with Crippen molar-refractivity contribution in [3.63, 3.8) is 0 Å². The van der Waals surface area contributed by atoms with Crippen molar-refractivity contribution in [1.29, 1.82) is 0 Å². The third-order valence-electron chi connectivity index (χ3n) is 3.23. The summed E-state index contributed by atoms with van der Waals surface area (Å²) in [7, 11) is 0. The molecule has 0 aromatic carbocycles. The number of nitrogens with one attached hydrogen (secondary N) is 1. The Morgan fingerprint density at radius 1 is 1.54 bits per heavy atom. The fourth-order valence-corrected chi connectivity index (χ4v) is 2.50. The van der Waals surface area contributed by atoms with Crippen molar-refractivity contribution in [3.05, 3.63) is 0 Å².